The normalized spacial score (nSPS) is 19.0. The van der Waals surface area contributed by atoms with E-state index in [1.165, 1.54) is 7.11 Å². The lowest BCUT2D eigenvalue weighted by Crippen LogP contribution is -2.52. The van der Waals surface area contributed by atoms with E-state index in [4.69, 9.17) is 9.47 Å². The number of halogens is 1. The molecule has 21 heavy (non-hydrogen) atoms. The number of carbonyl (C=O) groups excluding carboxylic acids is 2. The van der Waals surface area contributed by atoms with Gasteiger partial charge in [-0.05, 0) is 24.3 Å². The van der Waals surface area contributed by atoms with E-state index in [-0.39, 0.29) is 25.0 Å². The Balaban J connectivity index is 1.93. The fourth-order valence-electron chi connectivity index (χ4n) is 2.10. The minimum Gasteiger partial charge on any atom is -0.468 e. The summed E-state index contributed by atoms with van der Waals surface area (Å²) in [4.78, 5) is 25.5. The van der Waals surface area contributed by atoms with Crippen molar-refractivity contribution in [3.63, 3.8) is 0 Å². The first-order valence-corrected chi connectivity index (χ1v) is 7.34. The summed E-state index contributed by atoms with van der Waals surface area (Å²) in [6.45, 7) is 1.39. The Morgan fingerprint density at radius 3 is 2.81 bits per heavy atom. The van der Waals surface area contributed by atoms with E-state index < -0.39 is 6.04 Å². The number of rotatable bonds is 4. The van der Waals surface area contributed by atoms with Gasteiger partial charge in [0.15, 0.2) is 0 Å². The number of methoxy groups -OCH3 is 1. The monoisotopic (exact) mass is 356 g/mol. The van der Waals surface area contributed by atoms with Crippen LogP contribution in [0.3, 0.4) is 0 Å². The number of benzene rings is 1. The standard InChI is InChI=1S/C14H17BrN2O4/c1-20-14(19)12-9-21-7-6-17(12)8-13(18)16-11-4-2-10(15)3-5-11/h2-5,12H,6-9H2,1H3,(H,16,18). The van der Waals surface area contributed by atoms with Crippen molar-refractivity contribution >= 4 is 33.5 Å². The third-order valence-corrected chi connectivity index (χ3v) is 3.72. The van der Waals surface area contributed by atoms with Crippen molar-refractivity contribution in [2.45, 2.75) is 6.04 Å². The zero-order chi connectivity index (χ0) is 15.2. The number of hydrogen-bond acceptors (Lipinski definition) is 5. The van der Waals surface area contributed by atoms with Gasteiger partial charge in [-0.3, -0.25) is 14.5 Å². The van der Waals surface area contributed by atoms with Crippen molar-refractivity contribution in [2.75, 3.05) is 38.7 Å². The Kier molecular flexibility index (Phi) is 5.72. The molecule has 1 unspecified atom stereocenters. The average Bonchev–Trinajstić information content (AvgIpc) is 2.49. The van der Waals surface area contributed by atoms with E-state index in [0.717, 1.165) is 4.47 Å². The van der Waals surface area contributed by atoms with Crippen molar-refractivity contribution in [2.24, 2.45) is 0 Å². The molecule has 0 aromatic heterocycles. The first-order valence-electron chi connectivity index (χ1n) is 6.55. The molecule has 1 aromatic rings. The average molecular weight is 357 g/mol. The fourth-order valence-corrected chi connectivity index (χ4v) is 2.36. The lowest BCUT2D eigenvalue weighted by atomic mass is 10.2. The highest BCUT2D eigenvalue weighted by molar-refractivity contribution is 9.10. The maximum atomic E-state index is 12.1. The number of nitrogens with one attached hydrogen (secondary N) is 1. The molecule has 114 valence electrons. The van der Waals surface area contributed by atoms with E-state index in [1.807, 2.05) is 12.1 Å². The molecule has 1 atom stereocenters. The molecule has 0 aliphatic carbocycles. The Bertz CT molecular complexity index is 506. The maximum Gasteiger partial charge on any atom is 0.325 e. The number of carbonyl (C=O) groups is 2. The quantitative estimate of drug-likeness (QED) is 0.822. The minimum atomic E-state index is -0.528. The van der Waals surface area contributed by atoms with Gasteiger partial charge in [0.1, 0.15) is 6.04 Å². The summed E-state index contributed by atoms with van der Waals surface area (Å²) >= 11 is 3.34. The van der Waals surface area contributed by atoms with Gasteiger partial charge in [0, 0.05) is 16.7 Å². The number of hydrogen-bond donors (Lipinski definition) is 1. The molecule has 0 radical (unpaired) electrons. The topological polar surface area (TPSA) is 67.9 Å². The van der Waals surface area contributed by atoms with Crippen molar-refractivity contribution in [1.29, 1.82) is 0 Å². The summed E-state index contributed by atoms with van der Waals surface area (Å²) in [6.07, 6.45) is 0. The molecule has 1 aliphatic heterocycles. The van der Waals surface area contributed by atoms with Gasteiger partial charge >= 0.3 is 5.97 Å². The summed E-state index contributed by atoms with van der Waals surface area (Å²) in [5.74, 6) is -0.556. The molecule has 6 nitrogen and oxygen atoms in total. The van der Waals surface area contributed by atoms with Crippen molar-refractivity contribution < 1.29 is 19.1 Å². The van der Waals surface area contributed by atoms with Crippen LogP contribution in [0.5, 0.6) is 0 Å². The van der Waals surface area contributed by atoms with Crippen LogP contribution in [-0.4, -0.2) is 56.2 Å². The molecule has 1 heterocycles. The van der Waals surface area contributed by atoms with Gasteiger partial charge in [0.05, 0.1) is 26.9 Å². The summed E-state index contributed by atoms with van der Waals surface area (Å²) in [5.41, 5.74) is 0.714. The molecular formula is C14H17BrN2O4. The summed E-state index contributed by atoms with van der Waals surface area (Å²) < 4.78 is 10.9. The third kappa shape index (κ3) is 4.52. The molecule has 0 bridgehead atoms. The van der Waals surface area contributed by atoms with Crippen LogP contribution >= 0.6 is 15.9 Å². The molecule has 1 saturated heterocycles. The van der Waals surface area contributed by atoms with Crippen LogP contribution in [0.4, 0.5) is 5.69 Å². The highest BCUT2D eigenvalue weighted by atomic mass is 79.9. The Morgan fingerprint density at radius 2 is 2.14 bits per heavy atom. The number of esters is 1. The van der Waals surface area contributed by atoms with E-state index >= 15 is 0 Å². The first kappa shape index (κ1) is 15.9. The molecular weight excluding hydrogens is 340 g/mol. The summed E-state index contributed by atoms with van der Waals surface area (Å²) in [5, 5.41) is 2.80. The largest absolute Gasteiger partial charge is 0.468 e. The molecule has 1 aliphatic rings. The predicted octanol–water partition coefficient (Wildman–Crippen LogP) is 1.26. The van der Waals surface area contributed by atoms with Crippen LogP contribution in [0.25, 0.3) is 0 Å². The maximum absolute atomic E-state index is 12.1. The van der Waals surface area contributed by atoms with Crippen LogP contribution in [0, 0.1) is 0 Å². The lowest BCUT2D eigenvalue weighted by Gasteiger charge is -2.32. The van der Waals surface area contributed by atoms with E-state index in [2.05, 4.69) is 21.2 Å². The van der Waals surface area contributed by atoms with E-state index in [0.29, 0.717) is 18.8 Å². The molecule has 2 rings (SSSR count). The Labute approximate surface area is 131 Å². The number of ether oxygens (including phenoxy) is 2. The molecule has 1 N–H and O–H groups in total. The summed E-state index contributed by atoms with van der Waals surface area (Å²) in [6, 6.07) is 6.78. The molecule has 0 saturated carbocycles. The van der Waals surface area contributed by atoms with E-state index in [9.17, 15) is 9.59 Å². The highest BCUT2D eigenvalue weighted by Gasteiger charge is 2.31. The summed E-state index contributed by atoms with van der Waals surface area (Å²) in [7, 11) is 1.33. The molecule has 1 amide bonds. The second-order valence-electron chi connectivity index (χ2n) is 4.64. The van der Waals surface area contributed by atoms with Crippen LogP contribution in [0.15, 0.2) is 28.7 Å². The highest BCUT2D eigenvalue weighted by Crippen LogP contribution is 2.14. The number of morpholine rings is 1. The minimum absolute atomic E-state index is 0.124. The van der Waals surface area contributed by atoms with Crippen LogP contribution < -0.4 is 5.32 Å². The number of nitrogens with zero attached hydrogens (tertiary/aromatic N) is 1. The van der Waals surface area contributed by atoms with Gasteiger partial charge in [0.2, 0.25) is 5.91 Å². The predicted molar refractivity (Wildman–Crippen MR) is 81.0 cm³/mol. The van der Waals surface area contributed by atoms with Crippen LogP contribution in [0.1, 0.15) is 0 Å². The van der Waals surface area contributed by atoms with Crippen molar-refractivity contribution in [3.8, 4) is 0 Å². The first-order chi connectivity index (χ1) is 10.1. The van der Waals surface area contributed by atoms with Crippen molar-refractivity contribution in [1.82, 2.24) is 4.90 Å². The SMILES string of the molecule is COC(=O)C1COCCN1CC(=O)Nc1ccc(Br)cc1. The van der Waals surface area contributed by atoms with Crippen LogP contribution in [-0.2, 0) is 19.1 Å². The smallest absolute Gasteiger partial charge is 0.325 e. The zero-order valence-electron chi connectivity index (χ0n) is 11.7. The van der Waals surface area contributed by atoms with Gasteiger partial charge in [-0.25, -0.2) is 0 Å². The third-order valence-electron chi connectivity index (χ3n) is 3.19. The second kappa shape index (κ2) is 7.53. The van der Waals surface area contributed by atoms with Crippen LogP contribution in [0.2, 0.25) is 0 Å². The second-order valence-corrected chi connectivity index (χ2v) is 5.56. The van der Waals surface area contributed by atoms with E-state index in [1.54, 1.807) is 17.0 Å². The number of anilines is 1. The zero-order valence-corrected chi connectivity index (χ0v) is 13.3. The van der Waals surface area contributed by atoms with Gasteiger partial charge in [-0.15, -0.1) is 0 Å². The van der Waals surface area contributed by atoms with Crippen molar-refractivity contribution in [3.05, 3.63) is 28.7 Å². The fraction of sp³-hybridized carbons (Fsp3) is 0.429. The number of amides is 1. The molecule has 0 spiro atoms. The van der Waals surface area contributed by atoms with Gasteiger partial charge < -0.3 is 14.8 Å². The molecule has 7 heteroatoms. The molecule has 1 fully saturated rings. The Morgan fingerprint density at radius 1 is 1.43 bits per heavy atom. The van der Waals surface area contributed by atoms with Gasteiger partial charge in [0.25, 0.3) is 0 Å². The molecule has 1 aromatic carbocycles. The Hall–Kier alpha value is -1.44. The van der Waals surface area contributed by atoms with Gasteiger partial charge in [-0.2, -0.15) is 0 Å². The lowest BCUT2D eigenvalue weighted by molar-refractivity contribution is -0.153. The van der Waals surface area contributed by atoms with Gasteiger partial charge in [-0.1, -0.05) is 15.9 Å².